The molecular weight excluding hydrogens is 378 g/mol. The Balaban J connectivity index is 1.35. The summed E-state index contributed by atoms with van der Waals surface area (Å²) < 4.78 is 11.1. The lowest BCUT2D eigenvalue weighted by molar-refractivity contribution is -0.679. The smallest absolute Gasteiger partial charge is 0.277 e. The van der Waals surface area contributed by atoms with E-state index >= 15 is 0 Å². The Kier molecular flexibility index (Phi) is 6.35. The van der Waals surface area contributed by atoms with Crippen LogP contribution in [-0.4, -0.2) is 50.6 Å². The van der Waals surface area contributed by atoms with E-state index in [9.17, 15) is 4.79 Å². The summed E-state index contributed by atoms with van der Waals surface area (Å²) in [7, 11) is 1.69. The minimum absolute atomic E-state index is 0.0278. The lowest BCUT2D eigenvalue weighted by atomic mass is 10.0. The number of hydrogen-bond acceptors (Lipinski definition) is 4. The van der Waals surface area contributed by atoms with Gasteiger partial charge >= 0.3 is 0 Å². The lowest BCUT2D eigenvalue weighted by Gasteiger charge is -2.36. The largest absolute Gasteiger partial charge is 0.495 e. The number of anilines is 1. The van der Waals surface area contributed by atoms with Gasteiger partial charge < -0.3 is 24.3 Å². The lowest BCUT2D eigenvalue weighted by Crippen LogP contribution is -2.88. The molecule has 6 nitrogen and oxygen atoms in total. The van der Waals surface area contributed by atoms with Crippen molar-refractivity contribution in [3.63, 3.8) is 0 Å². The topological polar surface area (TPSA) is 62.5 Å². The minimum atomic E-state index is -0.0278. The van der Waals surface area contributed by atoms with Gasteiger partial charge in [0.25, 0.3) is 5.91 Å². The molecule has 1 aromatic heterocycles. The fourth-order valence-corrected chi connectivity index (χ4v) is 3.98. The first-order chi connectivity index (χ1) is 14.8. The van der Waals surface area contributed by atoms with Crippen LogP contribution in [0.5, 0.6) is 5.75 Å². The van der Waals surface area contributed by atoms with Crippen molar-refractivity contribution in [3.05, 3.63) is 84.3 Å². The molecule has 2 N–H and O–H groups in total. The number of hydrogen-bond donors (Lipinski definition) is 1. The first-order valence-corrected chi connectivity index (χ1v) is 10.3. The molecule has 2 aromatic carbocycles. The summed E-state index contributed by atoms with van der Waals surface area (Å²) in [6, 6.07) is 22.0. The summed E-state index contributed by atoms with van der Waals surface area (Å²) in [5, 5.41) is 2.06. The van der Waals surface area contributed by atoms with Crippen molar-refractivity contribution in [1.29, 1.82) is 0 Å². The number of nitrogens with zero attached hydrogens (tertiary/aromatic N) is 2. The highest BCUT2D eigenvalue weighted by Crippen LogP contribution is 2.28. The van der Waals surface area contributed by atoms with Crippen molar-refractivity contribution in [2.45, 2.75) is 6.04 Å². The molecule has 0 spiro atoms. The number of nitrogens with two attached hydrogens (primary N) is 1. The Morgan fingerprint density at radius 3 is 2.43 bits per heavy atom. The maximum Gasteiger partial charge on any atom is 0.277 e. The predicted octanol–water partition coefficient (Wildman–Crippen LogP) is 2.29. The SMILES string of the molecule is COc1ccccc1N1CCN(C(=O)C[NH2+][C@@H](c2ccccc2)c2ccco2)CC1. The minimum Gasteiger partial charge on any atom is -0.495 e. The van der Waals surface area contributed by atoms with Gasteiger partial charge in [0.1, 0.15) is 5.75 Å². The molecule has 6 heteroatoms. The van der Waals surface area contributed by atoms with Crippen molar-refractivity contribution in [1.82, 2.24) is 4.90 Å². The monoisotopic (exact) mass is 406 g/mol. The van der Waals surface area contributed by atoms with Gasteiger partial charge in [-0.25, -0.2) is 0 Å². The number of methoxy groups -OCH3 is 1. The summed E-state index contributed by atoms with van der Waals surface area (Å²) in [5.74, 6) is 1.88. The predicted molar refractivity (Wildman–Crippen MR) is 116 cm³/mol. The summed E-state index contributed by atoms with van der Waals surface area (Å²) in [6.07, 6.45) is 1.68. The van der Waals surface area contributed by atoms with Gasteiger partial charge in [-0.15, -0.1) is 0 Å². The van der Waals surface area contributed by atoms with Gasteiger partial charge in [-0.2, -0.15) is 0 Å². The molecule has 0 radical (unpaired) electrons. The zero-order valence-corrected chi connectivity index (χ0v) is 17.2. The van der Waals surface area contributed by atoms with E-state index in [4.69, 9.17) is 9.15 Å². The van der Waals surface area contributed by atoms with Crippen LogP contribution < -0.4 is 15.0 Å². The van der Waals surface area contributed by atoms with Crippen molar-refractivity contribution >= 4 is 11.6 Å². The zero-order chi connectivity index (χ0) is 20.8. The number of benzene rings is 2. The number of piperazine rings is 1. The summed E-state index contributed by atoms with van der Waals surface area (Å²) >= 11 is 0. The van der Waals surface area contributed by atoms with Gasteiger partial charge in [0.05, 0.1) is 19.1 Å². The van der Waals surface area contributed by atoms with Gasteiger partial charge in [-0.05, 0) is 24.3 Å². The van der Waals surface area contributed by atoms with Crippen molar-refractivity contribution in [2.24, 2.45) is 0 Å². The zero-order valence-electron chi connectivity index (χ0n) is 17.2. The summed E-state index contributed by atoms with van der Waals surface area (Å²) in [4.78, 5) is 17.1. The van der Waals surface area contributed by atoms with E-state index in [1.165, 1.54) is 0 Å². The van der Waals surface area contributed by atoms with E-state index in [2.05, 4.69) is 28.4 Å². The van der Waals surface area contributed by atoms with E-state index in [0.29, 0.717) is 19.6 Å². The normalized spacial score (nSPS) is 15.1. The maximum absolute atomic E-state index is 12.9. The summed E-state index contributed by atoms with van der Waals surface area (Å²) in [5.41, 5.74) is 2.21. The van der Waals surface area contributed by atoms with Crippen molar-refractivity contribution in [3.8, 4) is 5.75 Å². The number of carbonyl (C=O) groups excluding carboxylic acids is 1. The number of furan rings is 1. The van der Waals surface area contributed by atoms with E-state index in [-0.39, 0.29) is 11.9 Å². The quantitative estimate of drug-likeness (QED) is 0.654. The second kappa shape index (κ2) is 9.50. The molecule has 1 aliphatic rings. The second-order valence-corrected chi connectivity index (χ2v) is 7.38. The molecule has 1 aliphatic heterocycles. The molecule has 30 heavy (non-hydrogen) atoms. The Hall–Kier alpha value is -3.25. The van der Waals surface area contributed by atoms with Crippen LogP contribution >= 0.6 is 0 Å². The molecule has 1 atom stereocenters. The first kappa shape index (κ1) is 20.0. The molecule has 1 fully saturated rings. The number of para-hydroxylation sites is 2. The highest BCUT2D eigenvalue weighted by Gasteiger charge is 2.26. The Morgan fingerprint density at radius 2 is 1.73 bits per heavy atom. The third-order valence-corrected chi connectivity index (χ3v) is 5.59. The fraction of sp³-hybridized carbons (Fsp3) is 0.292. The molecule has 1 saturated heterocycles. The Morgan fingerprint density at radius 1 is 1.00 bits per heavy atom. The molecule has 3 aromatic rings. The van der Waals surface area contributed by atoms with E-state index in [1.807, 2.05) is 53.4 Å². The maximum atomic E-state index is 12.9. The number of carbonyl (C=O) groups is 1. The molecule has 0 saturated carbocycles. The standard InChI is InChI=1S/C24H27N3O3/c1-29-21-11-6-5-10-20(21)26-13-15-27(16-14-26)23(28)18-25-24(22-12-7-17-30-22)19-8-3-2-4-9-19/h2-12,17,24-25H,13-16,18H2,1H3/p+1/t24-/m0/s1. The number of quaternary nitrogens is 1. The van der Waals surface area contributed by atoms with Crippen LogP contribution in [0, 0.1) is 0 Å². The highest BCUT2D eigenvalue weighted by molar-refractivity contribution is 5.77. The van der Waals surface area contributed by atoms with Gasteiger partial charge in [-0.1, -0.05) is 42.5 Å². The van der Waals surface area contributed by atoms with Crippen LogP contribution in [0.15, 0.2) is 77.4 Å². The van der Waals surface area contributed by atoms with Gasteiger partial charge in [0, 0.05) is 31.7 Å². The molecule has 4 rings (SSSR count). The molecule has 2 heterocycles. The molecule has 1 amide bonds. The first-order valence-electron chi connectivity index (χ1n) is 10.3. The van der Waals surface area contributed by atoms with Crippen LogP contribution in [0.1, 0.15) is 17.4 Å². The van der Waals surface area contributed by atoms with Crippen LogP contribution in [0.2, 0.25) is 0 Å². The average molecular weight is 407 g/mol. The molecule has 0 aliphatic carbocycles. The van der Waals surface area contributed by atoms with Gasteiger partial charge in [0.15, 0.2) is 18.3 Å². The fourth-order valence-electron chi connectivity index (χ4n) is 3.98. The van der Waals surface area contributed by atoms with Gasteiger partial charge in [0.2, 0.25) is 0 Å². The molecule has 0 bridgehead atoms. The number of ether oxygens (including phenoxy) is 1. The van der Waals surface area contributed by atoms with Crippen molar-refractivity contribution in [2.75, 3.05) is 44.7 Å². The van der Waals surface area contributed by atoms with Crippen LogP contribution in [0.4, 0.5) is 5.69 Å². The number of amides is 1. The third kappa shape index (κ3) is 4.49. The van der Waals surface area contributed by atoms with Gasteiger partial charge in [-0.3, -0.25) is 4.79 Å². The Bertz CT molecular complexity index is 935. The number of rotatable bonds is 7. The van der Waals surface area contributed by atoms with Crippen LogP contribution in [0.3, 0.4) is 0 Å². The third-order valence-electron chi connectivity index (χ3n) is 5.59. The van der Waals surface area contributed by atoms with Crippen molar-refractivity contribution < 1.29 is 19.3 Å². The molecule has 0 unspecified atom stereocenters. The van der Waals surface area contributed by atoms with E-state index in [0.717, 1.165) is 35.9 Å². The second-order valence-electron chi connectivity index (χ2n) is 7.38. The van der Waals surface area contributed by atoms with E-state index < -0.39 is 0 Å². The molecular formula is C24H28N3O3+. The summed E-state index contributed by atoms with van der Waals surface area (Å²) in [6.45, 7) is 3.40. The van der Waals surface area contributed by atoms with Crippen LogP contribution in [0.25, 0.3) is 0 Å². The Labute approximate surface area is 177 Å². The van der Waals surface area contributed by atoms with Crippen LogP contribution in [-0.2, 0) is 4.79 Å². The highest BCUT2D eigenvalue weighted by atomic mass is 16.5. The molecule has 156 valence electrons. The average Bonchev–Trinajstić information content (AvgIpc) is 3.34. The van der Waals surface area contributed by atoms with E-state index in [1.54, 1.807) is 13.4 Å².